The van der Waals surface area contributed by atoms with Crippen LogP contribution in [0.15, 0.2) is 24.3 Å². The molecule has 2 aliphatic heterocycles. The van der Waals surface area contributed by atoms with Crippen LogP contribution in [-0.2, 0) is 25.2 Å². The molecule has 156 valence electrons. The molecule has 8 heteroatoms. The van der Waals surface area contributed by atoms with Gasteiger partial charge in [-0.1, -0.05) is 37.5 Å². The second-order valence-corrected chi connectivity index (χ2v) is 9.91. The van der Waals surface area contributed by atoms with E-state index in [1.165, 1.54) is 44.2 Å². The van der Waals surface area contributed by atoms with Gasteiger partial charge in [-0.3, -0.25) is 4.90 Å². The van der Waals surface area contributed by atoms with E-state index in [0.29, 0.717) is 6.04 Å². The summed E-state index contributed by atoms with van der Waals surface area (Å²) in [4.78, 5) is 2.48. The number of fused-ring (bicyclic) bond motifs is 1. The van der Waals surface area contributed by atoms with Crippen LogP contribution >= 0.6 is 0 Å². The highest BCUT2D eigenvalue weighted by Gasteiger charge is 2.40. The van der Waals surface area contributed by atoms with E-state index in [4.69, 9.17) is 9.47 Å². The van der Waals surface area contributed by atoms with E-state index >= 15 is 0 Å². The van der Waals surface area contributed by atoms with Crippen LogP contribution in [-0.4, -0.2) is 63.9 Å². The molecule has 2 heterocycles. The summed E-state index contributed by atoms with van der Waals surface area (Å²) in [5.41, 5.74) is 0.158. The van der Waals surface area contributed by atoms with Crippen LogP contribution in [0, 0.1) is 5.82 Å². The van der Waals surface area contributed by atoms with E-state index in [2.05, 4.69) is 9.62 Å². The fourth-order valence-corrected chi connectivity index (χ4v) is 5.92. The van der Waals surface area contributed by atoms with Gasteiger partial charge in [0, 0.05) is 24.7 Å². The molecule has 0 aromatic heterocycles. The Bertz CT molecular complexity index is 753. The van der Waals surface area contributed by atoms with Gasteiger partial charge in [0.1, 0.15) is 5.82 Å². The summed E-state index contributed by atoms with van der Waals surface area (Å²) in [6.45, 7) is 2.25. The van der Waals surface area contributed by atoms with Crippen LogP contribution in [0.1, 0.15) is 37.7 Å². The van der Waals surface area contributed by atoms with Crippen molar-refractivity contribution in [3.05, 3.63) is 35.6 Å². The van der Waals surface area contributed by atoms with Crippen molar-refractivity contribution in [1.29, 1.82) is 0 Å². The highest BCUT2D eigenvalue weighted by Crippen LogP contribution is 2.28. The van der Waals surface area contributed by atoms with E-state index in [1.807, 2.05) is 0 Å². The normalized spacial score (nSPS) is 28.2. The molecule has 1 aromatic carbocycles. The lowest BCUT2D eigenvalue weighted by Crippen LogP contribution is -2.42. The number of rotatable bonds is 5. The minimum absolute atomic E-state index is 0.0111. The maximum atomic E-state index is 13.8. The van der Waals surface area contributed by atoms with Gasteiger partial charge in [0.15, 0.2) is 0 Å². The third-order valence-electron chi connectivity index (χ3n) is 6.01. The molecule has 2 saturated heterocycles. The number of ether oxygens (including phenoxy) is 2. The van der Waals surface area contributed by atoms with Crippen LogP contribution in [0.3, 0.4) is 0 Å². The summed E-state index contributed by atoms with van der Waals surface area (Å²) < 4.78 is 53.3. The monoisotopic (exact) mass is 412 g/mol. The second kappa shape index (κ2) is 8.75. The van der Waals surface area contributed by atoms with Gasteiger partial charge in [-0.25, -0.2) is 17.5 Å². The Morgan fingerprint density at radius 1 is 1.04 bits per heavy atom. The molecule has 0 radical (unpaired) electrons. The Balaban J connectivity index is 1.30. The molecule has 1 aliphatic carbocycles. The van der Waals surface area contributed by atoms with E-state index in [9.17, 15) is 12.8 Å². The van der Waals surface area contributed by atoms with Crippen molar-refractivity contribution in [3.8, 4) is 0 Å². The third kappa shape index (κ3) is 4.91. The van der Waals surface area contributed by atoms with Gasteiger partial charge in [-0.2, -0.15) is 0 Å². The smallest absolute Gasteiger partial charge is 0.216 e. The van der Waals surface area contributed by atoms with Crippen molar-refractivity contribution < 1.29 is 22.3 Å². The SMILES string of the molecule is O=S(=O)(Cc1ccccc1F)NC1CO[C@H]2CN(C3CCCCC3)C[C@@H]2OC1. The first-order chi connectivity index (χ1) is 13.5. The fourth-order valence-electron chi connectivity index (χ4n) is 4.55. The lowest BCUT2D eigenvalue weighted by atomic mass is 9.94. The van der Waals surface area contributed by atoms with Gasteiger partial charge in [0.2, 0.25) is 10.0 Å². The van der Waals surface area contributed by atoms with Gasteiger partial charge in [0.25, 0.3) is 0 Å². The molecule has 1 saturated carbocycles. The molecular formula is C20H29FN2O4S. The molecule has 0 unspecified atom stereocenters. The van der Waals surface area contributed by atoms with Crippen molar-refractivity contribution >= 4 is 10.0 Å². The summed E-state index contributed by atoms with van der Waals surface area (Å²) in [7, 11) is -3.68. The van der Waals surface area contributed by atoms with Gasteiger partial charge >= 0.3 is 0 Å². The zero-order valence-corrected chi connectivity index (χ0v) is 16.9. The average molecular weight is 413 g/mol. The molecular weight excluding hydrogens is 383 g/mol. The topological polar surface area (TPSA) is 67.9 Å². The van der Waals surface area contributed by atoms with Gasteiger partial charge in [-0.15, -0.1) is 0 Å². The van der Waals surface area contributed by atoms with Crippen LogP contribution in [0.2, 0.25) is 0 Å². The number of halogens is 1. The lowest BCUT2D eigenvalue weighted by molar-refractivity contribution is -0.00461. The molecule has 3 aliphatic rings. The van der Waals surface area contributed by atoms with Gasteiger partial charge < -0.3 is 9.47 Å². The first-order valence-corrected chi connectivity index (χ1v) is 11.9. The molecule has 28 heavy (non-hydrogen) atoms. The Morgan fingerprint density at radius 3 is 2.32 bits per heavy atom. The molecule has 4 rings (SSSR count). The number of nitrogens with zero attached hydrogens (tertiary/aromatic N) is 1. The maximum absolute atomic E-state index is 13.8. The maximum Gasteiger partial charge on any atom is 0.216 e. The summed E-state index contributed by atoms with van der Waals surface area (Å²) >= 11 is 0. The third-order valence-corrected chi connectivity index (χ3v) is 7.39. The van der Waals surface area contributed by atoms with Crippen LogP contribution in [0.25, 0.3) is 0 Å². The first-order valence-electron chi connectivity index (χ1n) is 10.2. The predicted octanol–water partition coefficient (Wildman–Crippen LogP) is 2.05. The van der Waals surface area contributed by atoms with E-state index in [0.717, 1.165) is 13.1 Å². The van der Waals surface area contributed by atoms with E-state index < -0.39 is 27.6 Å². The molecule has 1 aromatic rings. The van der Waals surface area contributed by atoms with Crippen LogP contribution in [0.5, 0.6) is 0 Å². The molecule has 0 bridgehead atoms. The fraction of sp³-hybridized carbons (Fsp3) is 0.700. The van der Waals surface area contributed by atoms with Gasteiger partial charge in [-0.05, 0) is 18.9 Å². The molecule has 2 atom stereocenters. The molecule has 0 spiro atoms. The van der Waals surface area contributed by atoms with Crippen molar-refractivity contribution in [3.63, 3.8) is 0 Å². The standard InChI is InChI=1S/C20H29FN2O4S/c21-18-9-5-4-6-15(18)14-28(24,25)22-16-12-26-19-10-23(11-20(19)27-13-16)17-7-2-1-3-8-17/h4-6,9,16-17,19-20,22H,1-3,7-8,10-14H2/t19-,20-/m0/s1. The summed E-state index contributed by atoms with van der Waals surface area (Å²) in [6, 6.07) is 6.10. The first kappa shape index (κ1) is 20.2. The van der Waals surface area contributed by atoms with Crippen LogP contribution < -0.4 is 4.72 Å². The largest absolute Gasteiger partial charge is 0.372 e. The number of hydrogen-bond donors (Lipinski definition) is 1. The summed E-state index contributed by atoms with van der Waals surface area (Å²) in [6.07, 6.45) is 6.40. The minimum atomic E-state index is -3.68. The zero-order chi connectivity index (χ0) is 19.6. The predicted molar refractivity (Wildman–Crippen MR) is 104 cm³/mol. The Kier molecular flexibility index (Phi) is 6.32. The van der Waals surface area contributed by atoms with Gasteiger partial charge in [0.05, 0.1) is 37.2 Å². The number of nitrogens with one attached hydrogen (secondary N) is 1. The number of hydrogen-bond acceptors (Lipinski definition) is 5. The summed E-state index contributed by atoms with van der Waals surface area (Å²) in [5, 5.41) is 0. The van der Waals surface area contributed by atoms with Crippen LogP contribution in [0.4, 0.5) is 4.39 Å². The minimum Gasteiger partial charge on any atom is -0.372 e. The number of likely N-dealkylation sites (tertiary alicyclic amines) is 1. The summed E-state index contributed by atoms with van der Waals surface area (Å²) in [5.74, 6) is -0.906. The molecule has 3 fully saturated rings. The Hall–Kier alpha value is -1.06. The highest BCUT2D eigenvalue weighted by atomic mass is 32.2. The molecule has 6 nitrogen and oxygen atoms in total. The van der Waals surface area contributed by atoms with Crippen molar-refractivity contribution in [2.24, 2.45) is 0 Å². The molecule has 1 N–H and O–H groups in total. The van der Waals surface area contributed by atoms with Crippen molar-refractivity contribution in [2.45, 2.75) is 62.1 Å². The Labute approximate surface area is 166 Å². The molecule has 0 amide bonds. The number of sulfonamides is 1. The quantitative estimate of drug-likeness (QED) is 0.802. The van der Waals surface area contributed by atoms with E-state index in [-0.39, 0.29) is 31.0 Å². The highest BCUT2D eigenvalue weighted by molar-refractivity contribution is 7.88. The van der Waals surface area contributed by atoms with E-state index in [1.54, 1.807) is 12.1 Å². The van der Waals surface area contributed by atoms with Crippen molar-refractivity contribution in [2.75, 3.05) is 26.3 Å². The average Bonchev–Trinajstić information content (AvgIpc) is 3.01. The second-order valence-electron chi connectivity index (χ2n) is 8.15. The zero-order valence-electron chi connectivity index (χ0n) is 16.1. The Morgan fingerprint density at radius 2 is 1.68 bits per heavy atom. The van der Waals surface area contributed by atoms with Crippen molar-refractivity contribution in [1.82, 2.24) is 9.62 Å². The number of benzene rings is 1. The lowest BCUT2D eigenvalue weighted by Gasteiger charge is -2.31.